The number of amides is 3. The highest BCUT2D eigenvalue weighted by Crippen LogP contribution is 2.30. The third-order valence-corrected chi connectivity index (χ3v) is 3.86. The average molecular weight is 352 g/mol. The van der Waals surface area contributed by atoms with Gasteiger partial charge in [0, 0.05) is 18.2 Å². The van der Waals surface area contributed by atoms with Crippen LogP contribution in [-0.2, 0) is 14.4 Å². The number of hydrogen-bond donors (Lipinski definition) is 3. The van der Waals surface area contributed by atoms with Crippen LogP contribution in [0.3, 0.4) is 0 Å². The largest absolute Gasteiger partial charge is 0.504 e. The Balaban J connectivity index is 1.85. The molecule has 1 aliphatic rings. The normalized spacial score (nSPS) is 15.6. The molecule has 0 bridgehead atoms. The minimum atomic E-state index is -0.449. The average Bonchev–Trinajstić information content (AvgIpc) is 2.85. The molecule has 0 saturated carbocycles. The van der Waals surface area contributed by atoms with E-state index < -0.39 is 5.91 Å². The first-order valence-corrected chi connectivity index (χ1v) is 7.82. The van der Waals surface area contributed by atoms with Crippen LogP contribution < -0.4 is 10.2 Å². The summed E-state index contributed by atoms with van der Waals surface area (Å²) in [6, 6.07) is 10.5. The summed E-state index contributed by atoms with van der Waals surface area (Å²) in [5.74, 6) is -1.59. The molecule has 26 heavy (non-hydrogen) atoms. The summed E-state index contributed by atoms with van der Waals surface area (Å²) in [6.45, 7) is 1.39. The summed E-state index contributed by atoms with van der Waals surface area (Å²) in [5, 5.41) is 21.5. The molecule has 1 heterocycles. The van der Waals surface area contributed by atoms with Crippen LogP contribution in [0.5, 0.6) is 11.5 Å². The summed E-state index contributed by atoms with van der Waals surface area (Å²) in [6.07, 6.45) is 1.44. The van der Waals surface area contributed by atoms with E-state index >= 15 is 0 Å². The minimum Gasteiger partial charge on any atom is -0.504 e. The molecule has 0 aromatic heterocycles. The van der Waals surface area contributed by atoms with Crippen molar-refractivity contribution in [3.05, 3.63) is 53.6 Å². The molecule has 3 amide bonds. The highest BCUT2D eigenvalue weighted by atomic mass is 16.3. The SMILES string of the molecule is CC(=O)Nc1ccc(N2C(=O)C/C(=C\c3ccc(O)c(O)c3)C2=O)cc1. The fourth-order valence-electron chi connectivity index (χ4n) is 2.68. The highest BCUT2D eigenvalue weighted by molar-refractivity contribution is 6.29. The number of anilines is 2. The van der Waals surface area contributed by atoms with Crippen molar-refractivity contribution in [1.29, 1.82) is 0 Å². The van der Waals surface area contributed by atoms with E-state index in [4.69, 9.17) is 0 Å². The van der Waals surface area contributed by atoms with Gasteiger partial charge in [0.25, 0.3) is 5.91 Å². The number of rotatable bonds is 3. The first-order valence-electron chi connectivity index (χ1n) is 7.82. The molecule has 1 aliphatic heterocycles. The third-order valence-electron chi connectivity index (χ3n) is 3.86. The van der Waals surface area contributed by atoms with Gasteiger partial charge in [-0.1, -0.05) is 6.07 Å². The molecule has 2 aromatic rings. The van der Waals surface area contributed by atoms with Crippen molar-refractivity contribution in [1.82, 2.24) is 0 Å². The van der Waals surface area contributed by atoms with Crippen molar-refractivity contribution in [3.8, 4) is 11.5 Å². The van der Waals surface area contributed by atoms with Gasteiger partial charge >= 0.3 is 0 Å². The monoisotopic (exact) mass is 352 g/mol. The van der Waals surface area contributed by atoms with Gasteiger partial charge in [0.05, 0.1) is 12.1 Å². The summed E-state index contributed by atoms with van der Waals surface area (Å²) in [7, 11) is 0. The number of aromatic hydroxyl groups is 2. The summed E-state index contributed by atoms with van der Waals surface area (Å²) >= 11 is 0. The van der Waals surface area contributed by atoms with Crippen LogP contribution in [0.4, 0.5) is 11.4 Å². The zero-order valence-corrected chi connectivity index (χ0v) is 13.9. The van der Waals surface area contributed by atoms with E-state index in [9.17, 15) is 24.6 Å². The summed E-state index contributed by atoms with van der Waals surface area (Å²) < 4.78 is 0. The van der Waals surface area contributed by atoms with Gasteiger partial charge in [-0.05, 0) is 48.0 Å². The number of nitrogens with one attached hydrogen (secondary N) is 1. The van der Waals surface area contributed by atoms with Gasteiger partial charge in [0.1, 0.15) is 0 Å². The van der Waals surface area contributed by atoms with Crippen molar-refractivity contribution in [2.24, 2.45) is 0 Å². The van der Waals surface area contributed by atoms with Crippen molar-refractivity contribution >= 4 is 35.2 Å². The second kappa shape index (κ2) is 6.72. The zero-order valence-electron chi connectivity index (χ0n) is 13.9. The Morgan fingerprint density at radius 3 is 2.38 bits per heavy atom. The van der Waals surface area contributed by atoms with Crippen molar-refractivity contribution in [3.63, 3.8) is 0 Å². The fourth-order valence-corrected chi connectivity index (χ4v) is 2.68. The maximum Gasteiger partial charge on any atom is 0.261 e. The first kappa shape index (κ1) is 17.2. The molecule has 0 unspecified atom stereocenters. The van der Waals surface area contributed by atoms with Gasteiger partial charge in [-0.25, -0.2) is 4.90 Å². The van der Waals surface area contributed by atoms with Crippen molar-refractivity contribution in [2.45, 2.75) is 13.3 Å². The molecule has 3 N–H and O–H groups in total. The second-order valence-corrected chi connectivity index (χ2v) is 5.86. The Kier molecular flexibility index (Phi) is 4.45. The Bertz CT molecular complexity index is 931. The minimum absolute atomic E-state index is 0.0616. The quantitative estimate of drug-likeness (QED) is 0.447. The molecule has 132 valence electrons. The van der Waals surface area contributed by atoms with E-state index in [0.29, 0.717) is 16.9 Å². The maximum atomic E-state index is 12.6. The Morgan fingerprint density at radius 1 is 1.08 bits per heavy atom. The molecular formula is C19H16N2O5. The summed E-state index contributed by atoms with van der Waals surface area (Å²) in [5.41, 5.74) is 1.76. The molecule has 3 rings (SSSR count). The van der Waals surface area contributed by atoms with Crippen LogP contribution in [0.2, 0.25) is 0 Å². The molecule has 1 fully saturated rings. The standard InChI is InChI=1S/C19H16N2O5/c1-11(22)20-14-3-5-15(6-4-14)21-18(25)10-13(19(21)26)8-12-2-7-16(23)17(24)9-12/h2-9,23-24H,10H2,1H3,(H,20,22)/b13-8+. The number of carbonyl (C=O) groups excluding carboxylic acids is 3. The zero-order chi connectivity index (χ0) is 18.8. The molecule has 7 nitrogen and oxygen atoms in total. The lowest BCUT2D eigenvalue weighted by atomic mass is 10.1. The lowest BCUT2D eigenvalue weighted by Gasteiger charge is -2.14. The number of phenols is 2. The number of phenolic OH excluding ortho intramolecular Hbond substituents is 2. The van der Waals surface area contributed by atoms with Crippen molar-refractivity contribution < 1.29 is 24.6 Å². The number of nitrogens with zero attached hydrogens (tertiary/aromatic N) is 1. The van der Waals surface area contributed by atoms with Gasteiger partial charge in [0.2, 0.25) is 11.8 Å². The van der Waals surface area contributed by atoms with E-state index in [-0.39, 0.29) is 35.3 Å². The first-order chi connectivity index (χ1) is 12.3. The maximum absolute atomic E-state index is 12.6. The van der Waals surface area contributed by atoms with Crippen LogP contribution in [-0.4, -0.2) is 27.9 Å². The molecule has 1 saturated heterocycles. The van der Waals surface area contributed by atoms with Crippen LogP contribution in [0.1, 0.15) is 18.9 Å². The van der Waals surface area contributed by atoms with Crippen LogP contribution in [0, 0.1) is 0 Å². The highest BCUT2D eigenvalue weighted by Gasteiger charge is 2.34. The second-order valence-electron chi connectivity index (χ2n) is 5.86. The molecule has 0 radical (unpaired) electrons. The van der Waals surface area contributed by atoms with Gasteiger partial charge < -0.3 is 15.5 Å². The lowest BCUT2D eigenvalue weighted by molar-refractivity contribution is -0.120. The van der Waals surface area contributed by atoms with Gasteiger partial charge in [-0.2, -0.15) is 0 Å². The van der Waals surface area contributed by atoms with E-state index in [1.807, 2.05) is 0 Å². The lowest BCUT2D eigenvalue weighted by Crippen LogP contribution is -2.28. The molecule has 0 atom stereocenters. The molecule has 2 aromatic carbocycles. The van der Waals surface area contributed by atoms with Crippen LogP contribution >= 0.6 is 0 Å². The van der Waals surface area contributed by atoms with E-state index in [0.717, 1.165) is 4.90 Å². The van der Waals surface area contributed by atoms with Gasteiger partial charge in [0.15, 0.2) is 11.5 Å². The predicted octanol–water partition coefficient (Wildman–Crippen LogP) is 2.40. The number of benzene rings is 2. The molecule has 0 spiro atoms. The topological polar surface area (TPSA) is 107 Å². The molecule has 7 heteroatoms. The number of carbonyl (C=O) groups is 3. The molecule has 0 aliphatic carbocycles. The molecular weight excluding hydrogens is 336 g/mol. The Morgan fingerprint density at radius 2 is 1.77 bits per heavy atom. The fraction of sp³-hybridized carbons (Fsp3) is 0.105. The number of hydrogen-bond acceptors (Lipinski definition) is 5. The smallest absolute Gasteiger partial charge is 0.261 e. The Labute approximate surface area is 149 Å². The van der Waals surface area contributed by atoms with Gasteiger partial charge in [-0.3, -0.25) is 14.4 Å². The van der Waals surface area contributed by atoms with E-state index in [1.165, 1.54) is 31.2 Å². The van der Waals surface area contributed by atoms with E-state index in [1.54, 1.807) is 24.3 Å². The van der Waals surface area contributed by atoms with Crippen LogP contribution in [0.25, 0.3) is 6.08 Å². The van der Waals surface area contributed by atoms with Crippen molar-refractivity contribution in [2.75, 3.05) is 10.2 Å². The van der Waals surface area contributed by atoms with Gasteiger partial charge in [-0.15, -0.1) is 0 Å². The van der Waals surface area contributed by atoms with E-state index in [2.05, 4.69) is 5.32 Å². The number of imide groups is 1. The van der Waals surface area contributed by atoms with Crippen LogP contribution in [0.15, 0.2) is 48.0 Å². The predicted molar refractivity (Wildman–Crippen MR) is 95.6 cm³/mol. The third kappa shape index (κ3) is 3.41. The summed E-state index contributed by atoms with van der Waals surface area (Å²) in [4.78, 5) is 37.0. The Hall–Kier alpha value is -3.61.